The molecule has 2 N–H and O–H groups in total. The maximum absolute atomic E-state index is 11.2. The van der Waals surface area contributed by atoms with Gasteiger partial charge in [0.2, 0.25) is 5.16 Å². The Morgan fingerprint density at radius 1 is 1.56 bits per heavy atom. The van der Waals surface area contributed by atoms with Crippen molar-refractivity contribution in [2.24, 2.45) is 0 Å². The van der Waals surface area contributed by atoms with Gasteiger partial charge in [0.15, 0.2) is 0 Å². The lowest BCUT2D eigenvalue weighted by Crippen LogP contribution is -2.24. The monoisotopic (exact) mass is 245 g/mol. The number of carbonyl (C=O) groups excluding carboxylic acids is 1. The second-order valence-electron chi connectivity index (χ2n) is 2.92. The Kier molecular flexibility index (Phi) is 3.91. The summed E-state index contributed by atoms with van der Waals surface area (Å²) in [6.07, 6.45) is 2.54. The third kappa shape index (κ3) is 2.34. The fraction of sp³-hybridized carbons (Fsp3) is 0.375. The van der Waals surface area contributed by atoms with E-state index in [-0.39, 0.29) is 10.6 Å². The molecule has 7 nitrogen and oxygen atoms in total. The van der Waals surface area contributed by atoms with E-state index in [1.807, 2.05) is 0 Å². The van der Waals surface area contributed by atoms with E-state index in [9.17, 15) is 9.00 Å². The summed E-state index contributed by atoms with van der Waals surface area (Å²) in [4.78, 5) is 20.5. The molecule has 16 heavy (non-hydrogen) atoms. The zero-order valence-corrected chi connectivity index (χ0v) is 9.36. The lowest BCUT2D eigenvalue weighted by atomic mass is 10.5. The van der Waals surface area contributed by atoms with Crippen LogP contribution in [0.3, 0.4) is 0 Å². The van der Waals surface area contributed by atoms with Crippen LogP contribution in [0.25, 0.3) is 0 Å². The molecule has 1 fully saturated rings. The second kappa shape index (κ2) is 4.99. The molecule has 0 bridgehead atoms. The van der Waals surface area contributed by atoms with Gasteiger partial charge in [0.1, 0.15) is 12.4 Å². The summed E-state index contributed by atoms with van der Waals surface area (Å²) >= 11 is 0. The highest BCUT2D eigenvalue weighted by Gasteiger charge is 2.25. The molecule has 0 radical (unpaired) electrons. The minimum absolute atomic E-state index is 0. The van der Waals surface area contributed by atoms with E-state index in [4.69, 9.17) is 4.74 Å². The number of cyclic esters (lactones) is 1. The fourth-order valence-corrected chi connectivity index (χ4v) is 1.65. The number of carbonyl (C=O) groups is 1. The second-order valence-corrected chi connectivity index (χ2v) is 4.19. The topological polar surface area (TPSA) is 104 Å². The molecule has 1 saturated heterocycles. The van der Waals surface area contributed by atoms with Gasteiger partial charge in [0.05, 0.1) is 17.3 Å². The average Bonchev–Trinajstić information content (AvgIpc) is 2.64. The maximum Gasteiger partial charge on any atom is 0.415 e. The van der Waals surface area contributed by atoms with Crippen LogP contribution in [0.15, 0.2) is 17.4 Å². The van der Waals surface area contributed by atoms with Gasteiger partial charge in [-0.2, -0.15) is 0 Å². The van der Waals surface area contributed by atoms with Crippen LogP contribution in [-0.4, -0.2) is 45.2 Å². The number of ether oxygens (including phenoxy) is 1. The summed E-state index contributed by atoms with van der Waals surface area (Å²) in [5, 5.41) is 0.215. The van der Waals surface area contributed by atoms with E-state index >= 15 is 0 Å². The third-order valence-electron chi connectivity index (χ3n) is 1.91. The Morgan fingerprint density at radius 3 is 2.88 bits per heavy atom. The number of amides is 1. The fourth-order valence-electron chi connectivity index (χ4n) is 1.22. The molecule has 0 spiro atoms. The van der Waals surface area contributed by atoms with Crippen molar-refractivity contribution in [3.05, 3.63) is 12.3 Å². The lowest BCUT2D eigenvalue weighted by Gasteiger charge is -2.10. The van der Waals surface area contributed by atoms with Crippen LogP contribution in [0.2, 0.25) is 0 Å². The van der Waals surface area contributed by atoms with Crippen LogP contribution in [0.1, 0.15) is 0 Å². The van der Waals surface area contributed by atoms with Crippen molar-refractivity contribution < 1.29 is 19.2 Å². The molecule has 0 aromatic carbocycles. The van der Waals surface area contributed by atoms with Crippen molar-refractivity contribution in [2.45, 2.75) is 5.16 Å². The molecule has 2 heterocycles. The molecule has 2 rings (SSSR count). The molecule has 8 heteroatoms. The van der Waals surface area contributed by atoms with Crippen molar-refractivity contribution in [1.82, 2.24) is 9.97 Å². The Morgan fingerprint density at radius 2 is 2.31 bits per heavy atom. The molecule has 1 amide bonds. The first-order chi connectivity index (χ1) is 7.18. The predicted octanol–water partition coefficient (Wildman–Crippen LogP) is -0.654. The first kappa shape index (κ1) is 12.5. The van der Waals surface area contributed by atoms with E-state index in [0.29, 0.717) is 19.0 Å². The number of rotatable bonds is 2. The first-order valence-electron chi connectivity index (χ1n) is 4.29. The Balaban J connectivity index is 0.00000128. The van der Waals surface area contributed by atoms with Crippen molar-refractivity contribution in [3.63, 3.8) is 0 Å². The van der Waals surface area contributed by atoms with E-state index < -0.39 is 16.9 Å². The summed E-state index contributed by atoms with van der Waals surface area (Å²) < 4.78 is 15.9. The Bertz CT molecular complexity index is 425. The number of nitrogens with zero attached hydrogens (tertiary/aromatic N) is 3. The van der Waals surface area contributed by atoms with E-state index in [1.165, 1.54) is 17.4 Å². The highest BCUT2D eigenvalue weighted by molar-refractivity contribution is 7.84. The zero-order valence-electron chi connectivity index (χ0n) is 8.54. The molecule has 1 aliphatic rings. The summed E-state index contributed by atoms with van der Waals surface area (Å²) in [6.45, 7) is 0.818. The SMILES string of the molecule is CS(=O)c1nccc(N2CCOC2=O)n1.O. The minimum Gasteiger partial charge on any atom is -0.447 e. The van der Waals surface area contributed by atoms with E-state index in [1.54, 1.807) is 6.07 Å². The molecule has 0 aliphatic carbocycles. The van der Waals surface area contributed by atoms with Gasteiger partial charge in [-0.05, 0) is 6.07 Å². The predicted molar refractivity (Wildman–Crippen MR) is 56.7 cm³/mol. The molecule has 88 valence electrons. The average molecular weight is 245 g/mol. The molecule has 1 aliphatic heterocycles. The molecule has 1 atom stereocenters. The van der Waals surface area contributed by atoms with Crippen LogP contribution in [0, 0.1) is 0 Å². The third-order valence-corrected chi connectivity index (χ3v) is 2.62. The number of aromatic nitrogens is 2. The van der Waals surface area contributed by atoms with Gasteiger partial charge < -0.3 is 10.2 Å². The molecular weight excluding hydrogens is 234 g/mol. The van der Waals surface area contributed by atoms with Crippen molar-refractivity contribution in [1.29, 1.82) is 0 Å². The molecule has 1 aromatic rings. The smallest absolute Gasteiger partial charge is 0.415 e. The van der Waals surface area contributed by atoms with Crippen molar-refractivity contribution in [2.75, 3.05) is 24.3 Å². The van der Waals surface area contributed by atoms with Crippen molar-refractivity contribution >= 4 is 22.7 Å². The Labute approximate surface area is 94.2 Å². The summed E-state index contributed by atoms with van der Waals surface area (Å²) in [7, 11) is -1.25. The number of hydrogen-bond donors (Lipinski definition) is 0. The maximum atomic E-state index is 11.2. The van der Waals surface area contributed by atoms with Crippen LogP contribution < -0.4 is 4.90 Å². The van der Waals surface area contributed by atoms with Crippen LogP contribution in [0.5, 0.6) is 0 Å². The van der Waals surface area contributed by atoms with E-state index in [2.05, 4.69) is 9.97 Å². The summed E-state index contributed by atoms with van der Waals surface area (Å²) in [5.41, 5.74) is 0. The van der Waals surface area contributed by atoms with Crippen molar-refractivity contribution in [3.8, 4) is 0 Å². The van der Waals surface area contributed by atoms with Gasteiger partial charge in [-0.1, -0.05) is 0 Å². The van der Waals surface area contributed by atoms with Gasteiger partial charge in [-0.15, -0.1) is 0 Å². The van der Waals surface area contributed by atoms with Crippen LogP contribution >= 0.6 is 0 Å². The highest BCUT2D eigenvalue weighted by Crippen LogP contribution is 2.15. The first-order valence-corrected chi connectivity index (χ1v) is 5.85. The van der Waals surface area contributed by atoms with Gasteiger partial charge in [0.25, 0.3) is 0 Å². The van der Waals surface area contributed by atoms with Gasteiger partial charge >= 0.3 is 6.09 Å². The van der Waals surface area contributed by atoms with Crippen LogP contribution in [0.4, 0.5) is 10.6 Å². The standard InChI is InChI=1S/C8H9N3O3S.H2O/c1-15(13)7-9-3-2-6(10-7)11-4-5-14-8(11)12;/h2-3H,4-5H2,1H3;1H2. The molecular formula is C8H11N3O4S. The molecule has 1 aromatic heterocycles. The van der Waals surface area contributed by atoms with E-state index in [0.717, 1.165) is 0 Å². The normalized spacial score (nSPS) is 16.6. The zero-order chi connectivity index (χ0) is 10.8. The lowest BCUT2D eigenvalue weighted by molar-refractivity contribution is 0.181. The molecule has 0 saturated carbocycles. The summed E-state index contributed by atoms with van der Waals surface area (Å²) in [5.74, 6) is 0.428. The number of hydrogen-bond acceptors (Lipinski definition) is 5. The number of anilines is 1. The minimum atomic E-state index is -1.25. The van der Waals surface area contributed by atoms with Gasteiger partial charge in [0, 0.05) is 12.5 Å². The Hall–Kier alpha value is -1.54. The molecule has 1 unspecified atom stereocenters. The van der Waals surface area contributed by atoms with Gasteiger partial charge in [-0.3, -0.25) is 9.11 Å². The largest absolute Gasteiger partial charge is 0.447 e. The van der Waals surface area contributed by atoms with Crippen LogP contribution in [-0.2, 0) is 15.5 Å². The summed E-state index contributed by atoms with van der Waals surface area (Å²) in [6, 6.07) is 1.59. The van der Waals surface area contributed by atoms with Gasteiger partial charge in [-0.25, -0.2) is 14.8 Å². The quantitative estimate of drug-likeness (QED) is 0.644. The highest BCUT2D eigenvalue weighted by atomic mass is 32.2.